The zero-order chi connectivity index (χ0) is 15.3. The quantitative estimate of drug-likeness (QED) is 0.728. The van der Waals surface area contributed by atoms with E-state index in [0.29, 0.717) is 12.8 Å². The first-order valence-electron chi connectivity index (χ1n) is 7.32. The van der Waals surface area contributed by atoms with Gasteiger partial charge in [0.1, 0.15) is 12.0 Å². The fourth-order valence-electron chi connectivity index (χ4n) is 4.01. The molecule has 0 radical (unpaired) electrons. The van der Waals surface area contributed by atoms with Crippen molar-refractivity contribution in [3.8, 4) is 0 Å². The number of carbonyl (C=O) groups is 3. The van der Waals surface area contributed by atoms with E-state index in [-0.39, 0.29) is 13.0 Å². The third-order valence-electron chi connectivity index (χ3n) is 4.89. The Balaban J connectivity index is 2.02. The van der Waals surface area contributed by atoms with Gasteiger partial charge in [0, 0.05) is 7.05 Å². The highest BCUT2D eigenvalue weighted by atomic mass is 16.8. The monoisotopic (exact) mass is 297 g/mol. The molecule has 3 aliphatic rings. The lowest BCUT2D eigenvalue weighted by Crippen LogP contribution is -2.60. The van der Waals surface area contributed by atoms with E-state index in [1.54, 1.807) is 14.0 Å². The van der Waals surface area contributed by atoms with Crippen LogP contribution in [0.2, 0.25) is 0 Å². The van der Waals surface area contributed by atoms with Gasteiger partial charge in [-0.15, -0.1) is 0 Å². The van der Waals surface area contributed by atoms with Crippen molar-refractivity contribution in [1.82, 2.24) is 4.90 Å². The van der Waals surface area contributed by atoms with Crippen LogP contribution in [0.5, 0.6) is 0 Å². The van der Waals surface area contributed by atoms with Gasteiger partial charge in [-0.1, -0.05) is 12.8 Å². The van der Waals surface area contributed by atoms with E-state index >= 15 is 0 Å². The van der Waals surface area contributed by atoms with Crippen LogP contribution in [0.4, 0.5) is 4.79 Å². The van der Waals surface area contributed by atoms with Gasteiger partial charge < -0.3 is 14.2 Å². The molecule has 0 aromatic rings. The normalized spacial score (nSPS) is 37.6. The Morgan fingerprint density at radius 3 is 2.86 bits per heavy atom. The topological polar surface area (TPSA) is 82.1 Å². The molecule has 3 atom stereocenters. The molecule has 7 nitrogen and oxygen atoms in total. The molecule has 3 rings (SSSR count). The maximum absolute atomic E-state index is 12.2. The first-order valence-corrected chi connectivity index (χ1v) is 7.32. The van der Waals surface area contributed by atoms with Crippen LogP contribution < -0.4 is 0 Å². The molecule has 1 spiro atoms. The van der Waals surface area contributed by atoms with Crippen molar-refractivity contribution in [2.45, 2.75) is 50.4 Å². The van der Waals surface area contributed by atoms with Gasteiger partial charge in [-0.2, -0.15) is 0 Å². The predicted octanol–water partition coefficient (Wildman–Crippen LogP) is 1.20. The summed E-state index contributed by atoms with van der Waals surface area (Å²) in [5.74, 6) is -2.89. The Hall–Kier alpha value is -1.79. The standard InChI is InChI=1S/C14H19NO6/c1-3-19-10(16)8-14-13(15(2)12(18)21-14)7-5-4-6-9(13)11(17)20-14/h9H,3-8H2,1-2H3/t9-,13+,14+/m1/s1. The third kappa shape index (κ3) is 1.69. The number of rotatable bonds is 3. The van der Waals surface area contributed by atoms with Gasteiger partial charge in [-0.3, -0.25) is 14.5 Å². The molecule has 0 aromatic carbocycles. The minimum atomic E-state index is -1.53. The van der Waals surface area contributed by atoms with Crippen molar-refractivity contribution in [3.05, 3.63) is 0 Å². The van der Waals surface area contributed by atoms with E-state index in [1.165, 1.54) is 4.90 Å². The molecule has 21 heavy (non-hydrogen) atoms. The van der Waals surface area contributed by atoms with E-state index < -0.39 is 35.3 Å². The summed E-state index contributed by atoms with van der Waals surface area (Å²) in [7, 11) is 1.61. The fraction of sp³-hybridized carbons (Fsp3) is 0.786. The van der Waals surface area contributed by atoms with Crippen LogP contribution in [0, 0.1) is 5.92 Å². The van der Waals surface area contributed by atoms with Crippen LogP contribution in [0.3, 0.4) is 0 Å². The van der Waals surface area contributed by atoms with Crippen molar-refractivity contribution in [3.63, 3.8) is 0 Å². The average Bonchev–Trinajstić information content (AvgIpc) is 2.78. The molecule has 1 aliphatic carbocycles. The van der Waals surface area contributed by atoms with Crippen molar-refractivity contribution in [1.29, 1.82) is 0 Å². The number of hydrogen-bond acceptors (Lipinski definition) is 6. The molecule has 0 unspecified atom stereocenters. The van der Waals surface area contributed by atoms with Crippen LogP contribution in [0.1, 0.15) is 39.0 Å². The Bertz CT molecular complexity index is 506. The lowest BCUT2D eigenvalue weighted by atomic mass is 9.68. The summed E-state index contributed by atoms with van der Waals surface area (Å²) in [4.78, 5) is 37.6. The van der Waals surface area contributed by atoms with Gasteiger partial charge >= 0.3 is 18.0 Å². The Labute approximate surface area is 122 Å². The highest BCUT2D eigenvalue weighted by Gasteiger charge is 2.77. The Morgan fingerprint density at radius 2 is 2.14 bits per heavy atom. The van der Waals surface area contributed by atoms with Gasteiger partial charge in [0.15, 0.2) is 0 Å². The molecule has 0 aromatic heterocycles. The lowest BCUT2D eigenvalue weighted by molar-refractivity contribution is -0.203. The van der Waals surface area contributed by atoms with Crippen molar-refractivity contribution in [2.75, 3.05) is 13.7 Å². The van der Waals surface area contributed by atoms with Crippen molar-refractivity contribution in [2.24, 2.45) is 5.92 Å². The van der Waals surface area contributed by atoms with E-state index in [9.17, 15) is 14.4 Å². The molecule has 2 saturated heterocycles. The molecular weight excluding hydrogens is 278 g/mol. The number of likely N-dealkylation sites (N-methyl/N-ethyl adjacent to an activating group) is 1. The van der Waals surface area contributed by atoms with Crippen LogP contribution in [0.15, 0.2) is 0 Å². The molecule has 1 saturated carbocycles. The number of nitrogens with zero attached hydrogens (tertiary/aromatic N) is 1. The molecule has 2 heterocycles. The molecule has 7 heteroatoms. The lowest BCUT2D eigenvalue weighted by Gasteiger charge is -2.42. The third-order valence-corrected chi connectivity index (χ3v) is 4.89. The van der Waals surface area contributed by atoms with Crippen LogP contribution in [-0.4, -0.2) is 47.9 Å². The predicted molar refractivity (Wildman–Crippen MR) is 69.0 cm³/mol. The van der Waals surface area contributed by atoms with Crippen molar-refractivity contribution < 1.29 is 28.6 Å². The minimum absolute atomic E-state index is 0.225. The van der Waals surface area contributed by atoms with E-state index in [4.69, 9.17) is 14.2 Å². The summed E-state index contributed by atoms with van der Waals surface area (Å²) in [6.45, 7) is 1.92. The largest absolute Gasteiger partial charge is 0.466 e. The average molecular weight is 297 g/mol. The summed E-state index contributed by atoms with van der Waals surface area (Å²) in [5, 5.41) is 0. The highest BCUT2D eigenvalue weighted by Crippen LogP contribution is 2.57. The summed E-state index contributed by atoms with van der Waals surface area (Å²) in [6, 6.07) is 0. The summed E-state index contributed by atoms with van der Waals surface area (Å²) in [5.41, 5.74) is -0.883. The molecule has 3 fully saturated rings. The van der Waals surface area contributed by atoms with Gasteiger partial charge in [-0.25, -0.2) is 4.79 Å². The first-order chi connectivity index (χ1) is 9.97. The molecular formula is C14H19NO6. The van der Waals surface area contributed by atoms with Crippen LogP contribution in [0.25, 0.3) is 0 Å². The van der Waals surface area contributed by atoms with Gasteiger partial charge in [0.05, 0.1) is 12.5 Å². The Morgan fingerprint density at radius 1 is 1.38 bits per heavy atom. The number of carbonyl (C=O) groups excluding carboxylic acids is 3. The number of amides is 1. The van der Waals surface area contributed by atoms with Gasteiger partial charge in [0.25, 0.3) is 5.79 Å². The SMILES string of the molecule is CCOC(=O)C[C@@]12OC(=O)[C@H]3CCCC[C@]31N(C)C(=O)O2. The Kier molecular flexibility index (Phi) is 3.11. The highest BCUT2D eigenvalue weighted by molar-refractivity contribution is 5.86. The molecule has 1 amide bonds. The molecule has 116 valence electrons. The summed E-state index contributed by atoms with van der Waals surface area (Å²) < 4.78 is 15.8. The second kappa shape index (κ2) is 4.61. The van der Waals surface area contributed by atoms with Gasteiger partial charge in [0.2, 0.25) is 0 Å². The smallest absolute Gasteiger partial charge is 0.413 e. The maximum Gasteiger partial charge on any atom is 0.413 e. The summed E-state index contributed by atoms with van der Waals surface area (Å²) >= 11 is 0. The zero-order valence-electron chi connectivity index (χ0n) is 12.2. The number of ether oxygens (including phenoxy) is 3. The van der Waals surface area contributed by atoms with E-state index in [2.05, 4.69) is 0 Å². The summed E-state index contributed by atoms with van der Waals surface area (Å²) in [6.07, 6.45) is 2.19. The van der Waals surface area contributed by atoms with Gasteiger partial charge in [-0.05, 0) is 19.8 Å². The second-order valence-corrected chi connectivity index (χ2v) is 5.81. The number of esters is 2. The zero-order valence-corrected chi connectivity index (χ0v) is 12.2. The fourth-order valence-corrected chi connectivity index (χ4v) is 4.01. The van der Waals surface area contributed by atoms with E-state index in [0.717, 1.165) is 12.8 Å². The molecule has 0 bridgehead atoms. The molecule has 2 aliphatic heterocycles. The molecule has 0 N–H and O–H groups in total. The van der Waals surface area contributed by atoms with Crippen molar-refractivity contribution >= 4 is 18.0 Å². The van der Waals surface area contributed by atoms with Crippen LogP contribution >= 0.6 is 0 Å². The number of hydrogen-bond donors (Lipinski definition) is 0. The van der Waals surface area contributed by atoms with E-state index in [1.807, 2.05) is 0 Å². The minimum Gasteiger partial charge on any atom is -0.466 e. The second-order valence-electron chi connectivity index (χ2n) is 5.81. The van der Waals surface area contributed by atoms with Crippen LogP contribution in [-0.2, 0) is 23.8 Å². The maximum atomic E-state index is 12.2. The first kappa shape index (κ1) is 14.2.